The Hall–Kier alpha value is 0.531. The molecule has 0 fully saturated rings. The maximum Gasteiger partial charge on any atom is 0.173 e. The van der Waals surface area contributed by atoms with E-state index in [0.717, 1.165) is 12.8 Å². The Morgan fingerprint density at radius 1 is 0.783 bits per heavy atom. The molecule has 0 spiro atoms. The molecule has 0 aromatic rings. The molecule has 0 atom stereocenters. The van der Waals surface area contributed by atoms with Crippen molar-refractivity contribution in [1.29, 1.82) is 5.26 Å². The minimum Gasteiger partial charge on any atom is -0.337 e. The molecular weight excluding hydrogens is 410 g/mol. The van der Waals surface area contributed by atoms with E-state index in [0.29, 0.717) is 46.8 Å². The first-order valence-electron chi connectivity index (χ1n) is 9.63. The van der Waals surface area contributed by atoms with Gasteiger partial charge in [0.05, 0.1) is 0 Å². The van der Waals surface area contributed by atoms with Crippen molar-refractivity contribution in [2.45, 2.75) is 110 Å². The quantitative estimate of drug-likeness (QED) is 0.150. The third-order valence-corrected chi connectivity index (χ3v) is 5.17. The summed E-state index contributed by atoms with van der Waals surface area (Å²) in [6.45, 7) is 2.28. The first kappa shape index (κ1) is 25.8. The van der Waals surface area contributed by atoms with Crippen LogP contribution in [0.3, 0.4) is 0 Å². The van der Waals surface area contributed by atoms with Crippen LogP contribution in [-0.4, -0.2) is 46.8 Å². The Morgan fingerprint density at radius 3 is 1.30 bits per heavy atom. The van der Waals surface area contributed by atoms with Gasteiger partial charge < -0.3 is 5.73 Å². The molecule has 0 rings (SSSR count). The van der Waals surface area contributed by atoms with E-state index in [-0.39, 0.29) is 0 Å². The molecule has 0 unspecified atom stereocenters. The molecule has 0 aromatic heterocycles. The van der Waals surface area contributed by atoms with Crippen molar-refractivity contribution >= 4 is 46.8 Å². The number of carbonyl (C=O) groups excluding carboxylic acids is 1. The standard InChI is InChI=1S/C18H35O.CH2N2.Ba/c1-2-3-4-5-6-7-8-9-10-11-12-13-14-15-16-17-18-19;2-1-3;/h2-17H2,1H3;2H2;/q;;+2. The van der Waals surface area contributed by atoms with Gasteiger partial charge in [-0.1, -0.05) is 39.0 Å². The van der Waals surface area contributed by atoms with Crippen LogP contribution in [0.4, 0.5) is 0 Å². The van der Waals surface area contributed by atoms with E-state index in [4.69, 9.17) is 5.26 Å². The summed E-state index contributed by atoms with van der Waals surface area (Å²) in [5, 5.41) is 7.10. The number of nitrogens with two attached hydrogens (primary N) is 1. The smallest absolute Gasteiger partial charge is 0.173 e. The van der Waals surface area contributed by atoms with E-state index in [2.05, 4.69) is 12.7 Å². The van der Waals surface area contributed by atoms with E-state index in [1.165, 1.54) is 96.1 Å². The van der Waals surface area contributed by atoms with Gasteiger partial charge in [0.1, 0.15) is 0 Å². The predicted octanol–water partition coefficient (Wildman–Crippen LogP) is 5.37. The van der Waals surface area contributed by atoms with Gasteiger partial charge in [0.15, 0.2) is 6.19 Å². The Balaban J connectivity index is 0. The Bertz CT molecular complexity index is 277. The Labute approximate surface area is 176 Å². The van der Waals surface area contributed by atoms with Crippen LogP contribution in [0.1, 0.15) is 110 Å². The van der Waals surface area contributed by atoms with Crippen LogP contribution in [-0.2, 0) is 4.79 Å². The molecule has 3 nitrogen and oxygen atoms in total. The van der Waals surface area contributed by atoms with Crippen LogP contribution in [0.5, 0.6) is 0 Å². The second-order valence-electron chi connectivity index (χ2n) is 6.37. The maximum atomic E-state index is 10.9. The summed E-state index contributed by atoms with van der Waals surface area (Å²) in [4.78, 5) is 10.9. The summed E-state index contributed by atoms with van der Waals surface area (Å²) < 4.78 is 0.541. The molecule has 0 bridgehead atoms. The minimum atomic E-state index is 0.372. The fraction of sp³-hybridized carbons (Fsp3) is 0.895. The largest absolute Gasteiger partial charge is 0.337 e. The minimum absolute atomic E-state index is 0.372. The summed E-state index contributed by atoms with van der Waals surface area (Å²) in [6, 6.07) is 0. The van der Waals surface area contributed by atoms with Crippen molar-refractivity contribution in [2.75, 3.05) is 0 Å². The molecule has 0 saturated heterocycles. The number of nitriles is 1. The van der Waals surface area contributed by atoms with Crippen LogP contribution in [0.2, 0.25) is 0 Å². The number of carbonyl (C=O) groups is 1. The zero-order valence-corrected chi connectivity index (χ0v) is 19.9. The Morgan fingerprint density at radius 2 is 1.04 bits per heavy atom. The van der Waals surface area contributed by atoms with Gasteiger partial charge in [0, 0.05) is 0 Å². The van der Waals surface area contributed by atoms with Crippen molar-refractivity contribution in [3.63, 3.8) is 0 Å². The van der Waals surface area contributed by atoms with Crippen LogP contribution >= 0.6 is 0 Å². The molecule has 0 aliphatic heterocycles. The second kappa shape index (κ2) is 24.8. The van der Waals surface area contributed by atoms with Gasteiger partial charge in [-0.25, -0.2) is 0 Å². The van der Waals surface area contributed by atoms with E-state index in [9.17, 15) is 4.79 Å². The fourth-order valence-electron chi connectivity index (χ4n) is 2.69. The van der Waals surface area contributed by atoms with Crippen molar-refractivity contribution in [1.82, 2.24) is 0 Å². The van der Waals surface area contributed by atoms with Crippen LogP contribution in [0, 0.1) is 11.5 Å². The van der Waals surface area contributed by atoms with Gasteiger partial charge >= 0.3 is 122 Å². The molecular formula is C19H37BaN2O+2. The number of rotatable bonds is 16. The molecule has 7 radical (unpaired) electrons. The number of hydrogen-bond donors (Lipinski definition) is 1. The second-order valence-corrected chi connectivity index (χ2v) is 8.84. The van der Waals surface area contributed by atoms with Crippen molar-refractivity contribution in [3.8, 4) is 6.19 Å². The average Bonchev–Trinajstić information content (AvgIpc) is 2.51. The van der Waals surface area contributed by atoms with Crippen LogP contribution in [0.25, 0.3) is 0 Å². The molecule has 2 N–H and O–H groups in total. The number of nitrogens with zero attached hydrogens (tertiary/aromatic N) is 1. The van der Waals surface area contributed by atoms with Crippen molar-refractivity contribution < 1.29 is 4.79 Å². The van der Waals surface area contributed by atoms with Gasteiger partial charge in [0.2, 0.25) is 0 Å². The van der Waals surface area contributed by atoms with Crippen molar-refractivity contribution in [3.05, 3.63) is 0 Å². The molecule has 129 valence electrons. The predicted molar refractivity (Wildman–Crippen MR) is 100 cm³/mol. The summed E-state index contributed by atoms with van der Waals surface area (Å²) in [5.41, 5.74) is 4.15. The normalized spacial score (nSPS) is 9.78. The zero-order chi connectivity index (χ0) is 17.6. The molecule has 0 amide bonds. The van der Waals surface area contributed by atoms with Gasteiger partial charge in [0.25, 0.3) is 0 Å². The molecule has 0 aliphatic rings. The van der Waals surface area contributed by atoms with Crippen LogP contribution < -0.4 is 5.73 Å². The fourth-order valence-corrected chi connectivity index (χ4v) is 3.48. The molecule has 4 heteroatoms. The van der Waals surface area contributed by atoms with E-state index in [1.807, 2.05) is 0 Å². The topological polar surface area (TPSA) is 66.9 Å². The first-order chi connectivity index (χ1) is 11.2. The zero-order valence-electron chi connectivity index (χ0n) is 15.5. The third-order valence-electron chi connectivity index (χ3n) is 4.06. The van der Waals surface area contributed by atoms with E-state index < -0.39 is 0 Å². The van der Waals surface area contributed by atoms with E-state index in [1.54, 1.807) is 0 Å². The SMILES string of the molecule is CCCCCCCCCCCCCCCCC[C](=O)[Ba+2].N#CN. The van der Waals surface area contributed by atoms with Gasteiger partial charge in [-0.2, -0.15) is 5.26 Å². The third kappa shape index (κ3) is 30.9. The summed E-state index contributed by atoms with van der Waals surface area (Å²) >= 11 is 0.372. The van der Waals surface area contributed by atoms with Gasteiger partial charge in [-0.3, -0.25) is 0 Å². The summed E-state index contributed by atoms with van der Waals surface area (Å²) in [5.74, 6) is 0. The molecule has 0 saturated carbocycles. The van der Waals surface area contributed by atoms with Gasteiger partial charge in [-0.05, 0) is 0 Å². The van der Waals surface area contributed by atoms with Crippen molar-refractivity contribution in [2.24, 2.45) is 5.73 Å². The molecule has 0 aliphatic carbocycles. The summed E-state index contributed by atoms with van der Waals surface area (Å²) in [6.07, 6.45) is 23.1. The monoisotopic (exact) mass is 447 g/mol. The molecule has 23 heavy (non-hydrogen) atoms. The van der Waals surface area contributed by atoms with Gasteiger partial charge in [-0.15, -0.1) is 0 Å². The summed E-state index contributed by atoms with van der Waals surface area (Å²) in [7, 11) is 0. The number of unbranched alkanes of at least 4 members (excludes halogenated alkanes) is 14. The average molecular weight is 447 g/mol. The Kier molecular flexibility index (Phi) is 27.8. The van der Waals surface area contributed by atoms with E-state index >= 15 is 0 Å². The van der Waals surface area contributed by atoms with Crippen LogP contribution in [0.15, 0.2) is 0 Å². The molecule has 0 aromatic carbocycles. The maximum absolute atomic E-state index is 10.9. The molecule has 0 heterocycles. The first-order valence-corrected chi connectivity index (χ1v) is 11.9. The number of hydrogen-bond acceptors (Lipinski definition) is 3.